The molecule has 1 atom stereocenters. The van der Waals surface area contributed by atoms with Gasteiger partial charge in [0, 0.05) is 31.8 Å². The first-order valence-electron chi connectivity index (χ1n) is 4.14. The molecule has 0 aromatic rings. The first-order valence-corrected chi connectivity index (χ1v) is 5.43. The van der Waals surface area contributed by atoms with E-state index in [1.165, 1.54) is 6.92 Å². The van der Waals surface area contributed by atoms with Gasteiger partial charge in [0.05, 0.1) is 0 Å². The smallest absolute Gasteiger partial charge is 0.216 e. The van der Waals surface area contributed by atoms with Crippen LogP contribution in [-0.4, -0.2) is 37.0 Å². The van der Waals surface area contributed by atoms with Crippen LogP contribution in [0.3, 0.4) is 0 Å². The number of nitrogens with one attached hydrogen (secondary N) is 2. The van der Waals surface area contributed by atoms with Gasteiger partial charge in [0.25, 0.3) is 0 Å². The molecule has 0 bridgehead atoms. The van der Waals surface area contributed by atoms with Gasteiger partial charge in [-0.25, -0.2) is 0 Å². The zero-order valence-electron chi connectivity index (χ0n) is 8.02. The Morgan fingerprint density at radius 3 is 2.67 bits per heavy atom. The fourth-order valence-corrected chi connectivity index (χ4v) is 1.00. The molecule has 2 N–H and O–H groups in total. The number of amides is 1. The summed E-state index contributed by atoms with van der Waals surface area (Å²) in [5.41, 5.74) is 0. The van der Waals surface area contributed by atoms with Crippen molar-refractivity contribution >= 4 is 17.7 Å². The number of rotatable bonds is 6. The Morgan fingerprint density at radius 1 is 1.50 bits per heavy atom. The first-order chi connectivity index (χ1) is 5.66. The number of thioether (sulfide) groups is 1. The first kappa shape index (κ1) is 11.8. The fraction of sp³-hybridized carbons (Fsp3) is 0.875. The Balaban J connectivity index is 3.05. The molecule has 0 aromatic carbocycles. The summed E-state index contributed by atoms with van der Waals surface area (Å²) in [5, 5.41) is 6.63. The highest BCUT2D eigenvalue weighted by molar-refractivity contribution is 7.99. The van der Waals surface area contributed by atoms with Crippen LogP contribution in [0, 0.1) is 0 Å². The molecular formula is C8H18N2OS. The maximum absolute atomic E-state index is 10.5. The van der Waals surface area contributed by atoms with Crippen molar-refractivity contribution in [1.29, 1.82) is 0 Å². The van der Waals surface area contributed by atoms with Crippen LogP contribution in [-0.2, 0) is 4.79 Å². The fourth-order valence-electron chi connectivity index (χ4n) is 0.716. The van der Waals surface area contributed by atoms with Crippen molar-refractivity contribution < 1.29 is 4.79 Å². The highest BCUT2D eigenvalue weighted by Crippen LogP contribution is 2.01. The van der Waals surface area contributed by atoms with Gasteiger partial charge >= 0.3 is 0 Å². The van der Waals surface area contributed by atoms with Crippen LogP contribution >= 0.6 is 11.8 Å². The van der Waals surface area contributed by atoms with Gasteiger partial charge in [-0.05, 0) is 6.26 Å². The summed E-state index contributed by atoms with van der Waals surface area (Å²) in [5.74, 6) is 0.0368. The number of carbonyl (C=O) groups is 1. The van der Waals surface area contributed by atoms with Gasteiger partial charge in [-0.15, -0.1) is 0 Å². The van der Waals surface area contributed by atoms with Crippen LogP contribution in [0.1, 0.15) is 13.8 Å². The summed E-state index contributed by atoms with van der Waals surface area (Å²) >= 11 is 1.84. The van der Waals surface area contributed by atoms with E-state index in [1.807, 2.05) is 11.8 Å². The van der Waals surface area contributed by atoms with Crippen molar-refractivity contribution in [2.75, 3.05) is 25.9 Å². The Kier molecular flexibility index (Phi) is 7.29. The molecule has 0 saturated carbocycles. The second-order valence-electron chi connectivity index (χ2n) is 2.73. The Hall–Kier alpha value is -0.220. The van der Waals surface area contributed by atoms with Gasteiger partial charge in [-0.3, -0.25) is 4.79 Å². The van der Waals surface area contributed by atoms with E-state index in [-0.39, 0.29) is 5.91 Å². The molecule has 0 radical (unpaired) electrons. The number of hydrogen-bond donors (Lipinski definition) is 2. The summed E-state index contributed by atoms with van der Waals surface area (Å²) < 4.78 is 0. The van der Waals surface area contributed by atoms with Gasteiger partial charge in [0.2, 0.25) is 5.91 Å². The maximum atomic E-state index is 10.5. The standard InChI is InChI=1S/C8H18N2OS/c1-7(12-3)6-9-4-5-10-8(2)11/h7,9H,4-6H2,1-3H3,(H,10,11). The molecule has 3 nitrogen and oxygen atoms in total. The summed E-state index contributed by atoms with van der Waals surface area (Å²) in [7, 11) is 0. The largest absolute Gasteiger partial charge is 0.355 e. The summed E-state index contributed by atoms with van der Waals surface area (Å²) in [6.45, 7) is 6.28. The molecule has 12 heavy (non-hydrogen) atoms. The third-order valence-corrected chi connectivity index (χ3v) is 2.48. The molecule has 0 fully saturated rings. The maximum Gasteiger partial charge on any atom is 0.216 e. The van der Waals surface area contributed by atoms with E-state index in [9.17, 15) is 4.79 Å². The van der Waals surface area contributed by atoms with Crippen molar-refractivity contribution in [2.45, 2.75) is 19.1 Å². The number of hydrogen-bond acceptors (Lipinski definition) is 3. The van der Waals surface area contributed by atoms with Crippen molar-refractivity contribution in [3.8, 4) is 0 Å². The summed E-state index contributed by atoms with van der Waals surface area (Å²) in [6, 6.07) is 0. The average molecular weight is 190 g/mol. The lowest BCUT2D eigenvalue weighted by Crippen LogP contribution is -2.32. The zero-order valence-corrected chi connectivity index (χ0v) is 8.83. The minimum Gasteiger partial charge on any atom is -0.355 e. The lowest BCUT2D eigenvalue weighted by Gasteiger charge is -2.09. The van der Waals surface area contributed by atoms with Gasteiger partial charge in [-0.1, -0.05) is 6.92 Å². The van der Waals surface area contributed by atoms with Crippen molar-refractivity contribution in [2.24, 2.45) is 0 Å². The molecule has 0 aliphatic carbocycles. The van der Waals surface area contributed by atoms with Crippen LogP contribution in [0.5, 0.6) is 0 Å². The third kappa shape index (κ3) is 7.88. The van der Waals surface area contributed by atoms with Gasteiger partial charge in [0.1, 0.15) is 0 Å². The molecular weight excluding hydrogens is 172 g/mol. The Morgan fingerprint density at radius 2 is 2.17 bits per heavy atom. The monoisotopic (exact) mass is 190 g/mol. The molecule has 0 aliphatic heterocycles. The van der Waals surface area contributed by atoms with E-state index in [0.29, 0.717) is 5.25 Å². The van der Waals surface area contributed by atoms with Gasteiger partial charge in [-0.2, -0.15) is 11.8 Å². The zero-order chi connectivity index (χ0) is 9.40. The van der Waals surface area contributed by atoms with Crippen LogP contribution in [0.4, 0.5) is 0 Å². The van der Waals surface area contributed by atoms with Crippen molar-refractivity contribution in [3.63, 3.8) is 0 Å². The highest BCUT2D eigenvalue weighted by atomic mass is 32.2. The van der Waals surface area contributed by atoms with E-state index >= 15 is 0 Å². The van der Waals surface area contributed by atoms with E-state index in [4.69, 9.17) is 0 Å². The number of carbonyl (C=O) groups excluding carboxylic acids is 1. The molecule has 72 valence electrons. The molecule has 1 unspecified atom stereocenters. The Bertz CT molecular complexity index is 130. The predicted octanol–water partition coefficient (Wildman–Crippen LogP) is 0.464. The van der Waals surface area contributed by atoms with E-state index in [1.54, 1.807) is 0 Å². The molecule has 0 saturated heterocycles. The molecule has 0 rings (SSSR count). The third-order valence-electron chi connectivity index (χ3n) is 1.51. The second-order valence-corrected chi connectivity index (χ2v) is 4.01. The molecule has 4 heteroatoms. The van der Waals surface area contributed by atoms with Crippen molar-refractivity contribution in [1.82, 2.24) is 10.6 Å². The van der Waals surface area contributed by atoms with Crippen LogP contribution in [0.25, 0.3) is 0 Å². The molecule has 0 spiro atoms. The average Bonchev–Trinajstić information content (AvgIpc) is 2.03. The van der Waals surface area contributed by atoms with Crippen LogP contribution in [0.15, 0.2) is 0 Å². The predicted molar refractivity (Wildman–Crippen MR) is 54.5 cm³/mol. The summed E-state index contributed by atoms with van der Waals surface area (Å²) in [4.78, 5) is 10.5. The topological polar surface area (TPSA) is 41.1 Å². The lowest BCUT2D eigenvalue weighted by molar-refractivity contribution is -0.118. The van der Waals surface area contributed by atoms with Crippen LogP contribution in [0.2, 0.25) is 0 Å². The normalized spacial score (nSPS) is 12.6. The molecule has 0 aliphatic rings. The lowest BCUT2D eigenvalue weighted by atomic mass is 10.4. The van der Waals surface area contributed by atoms with Gasteiger partial charge in [0.15, 0.2) is 0 Å². The SMILES string of the molecule is CSC(C)CNCCNC(C)=O. The van der Waals surface area contributed by atoms with E-state index < -0.39 is 0 Å². The quantitative estimate of drug-likeness (QED) is 0.598. The van der Waals surface area contributed by atoms with E-state index in [2.05, 4.69) is 23.8 Å². The van der Waals surface area contributed by atoms with Gasteiger partial charge < -0.3 is 10.6 Å². The van der Waals surface area contributed by atoms with Crippen molar-refractivity contribution in [3.05, 3.63) is 0 Å². The Labute approximate surface area is 78.7 Å². The molecule has 1 amide bonds. The van der Waals surface area contributed by atoms with E-state index in [0.717, 1.165) is 19.6 Å². The summed E-state index contributed by atoms with van der Waals surface area (Å²) in [6.07, 6.45) is 2.10. The second kappa shape index (κ2) is 7.43. The highest BCUT2D eigenvalue weighted by Gasteiger charge is 1.96. The minimum absolute atomic E-state index is 0.0368. The van der Waals surface area contributed by atoms with Crippen LogP contribution < -0.4 is 10.6 Å². The molecule has 0 aromatic heterocycles. The molecule has 0 heterocycles. The minimum atomic E-state index is 0.0368.